The number of amides is 2. The van der Waals surface area contributed by atoms with Gasteiger partial charge in [0.1, 0.15) is 11.3 Å². The predicted octanol–water partition coefficient (Wildman–Crippen LogP) is 5.16. The van der Waals surface area contributed by atoms with Gasteiger partial charge in [-0.1, -0.05) is 59.3 Å². The quantitative estimate of drug-likeness (QED) is 0.328. The Hall–Kier alpha value is -4.98. The highest BCUT2D eigenvalue weighted by molar-refractivity contribution is 6.24. The number of carbonyl (C=O) groups is 2. The second kappa shape index (κ2) is 8.01. The Morgan fingerprint density at radius 3 is 2.44 bits per heavy atom. The molecule has 7 rings (SSSR count). The molecule has 192 valence electrons. The van der Waals surface area contributed by atoms with Gasteiger partial charge in [-0.05, 0) is 50.1 Å². The van der Waals surface area contributed by atoms with Crippen LogP contribution in [0.15, 0.2) is 86.5 Å². The van der Waals surface area contributed by atoms with Gasteiger partial charge in [-0.2, -0.15) is 0 Å². The molecule has 2 aliphatic heterocycles. The number of aromatic nitrogens is 1. The van der Waals surface area contributed by atoms with Crippen molar-refractivity contribution in [3.8, 4) is 0 Å². The number of rotatable bonds is 3. The highest BCUT2D eigenvalue weighted by Gasteiger charge is 2.66. The average Bonchev–Trinajstić information content (AvgIpc) is 3.54. The minimum Gasteiger partial charge on any atom is -0.450 e. The number of anilines is 2. The molecule has 0 saturated heterocycles. The summed E-state index contributed by atoms with van der Waals surface area (Å²) < 4.78 is 11.4. The Morgan fingerprint density at radius 2 is 1.67 bits per heavy atom. The third-order valence-electron chi connectivity index (χ3n) is 7.71. The Morgan fingerprint density at radius 1 is 0.897 bits per heavy atom. The van der Waals surface area contributed by atoms with E-state index < -0.39 is 22.8 Å². The van der Waals surface area contributed by atoms with Crippen LogP contribution >= 0.6 is 0 Å². The maximum Gasteiger partial charge on any atom is 0.297 e. The summed E-state index contributed by atoms with van der Waals surface area (Å²) in [6.45, 7) is 5.82. The minimum absolute atomic E-state index is 0.00372. The SMILES string of the molecule is Cc1ccc2oc3c(c(=O)c2c1)C1(C(=O)N(Cc2ccccc2C)c2ccccc21)N(c1cc(C)on1)C3=O. The zero-order valence-corrected chi connectivity index (χ0v) is 21.5. The molecule has 8 nitrogen and oxygen atoms in total. The largest absolute Gasteiger partial charge is 0.450 e. The van der Waals surface area contributed by atoms with Crippen LogP contribution in [0.3, 0.4) is 0 Å². The number of aryl methyl sites for hydroxylation is 3. The third-order valence-corrected chi connectivity index (χ3v) is 7.71. The monoisotopic (exact) mass is 517 g/mol. The predicted molar refractivity (Wildman–Crippen MR) is 145 cm³/mol. The molecule has 0 N–H and O–H groups in total. The van der Waals surface area contributed by atoms with Gasteiger partial charge in [-0.15, -0.1) is 0 Å². The lowest BCUT2D eigenvalue weighted by Crippen LogP contribution is -2.53. The van der Waals surface area contributed by atoms with Gasteiger partial charge in [0, 0.05) is 11.6 Å². The van der Waals surface area contributed by atoms with Gasteiger partial charge in [-0.3, -0.25) is 19.3 Å². The van der Waals surface area contributed by atoms with Crippen LogP contribution in [0.1, 0.15) is 44.1 Å². The number of benzene rings is 3. The first kappa shape index (κ1) is 23.2. The lowest BCUT2D eigenvalue weighted by Gasteiger charge is -2.32. The van der Waals surface area contributed by atoms with Crippen LogP contribution in [0.2, 0.25) is 0 Å². The summed E-state index contributed by atoms with van der Waals surface area (Å²) in [6, 6.07) is 21.9. The second-order valence-electron chi connectivity index (χ2n) is 10.1. The molecule has 2 amide bonds. The van der Waals surface area contributed by atoms with E-state index in [2.05, 4.69) is 5.16 Å². The van der Waals surface area contributed by atoms with Crippen molar-refractivity contribution in [1.82, 2.24) is 5.16 Å². The molecule has 0 bridgehead atoms. The standard InChI is InChI=1S/C31H23N3O5/c1-17-12-13-24-21(14-17)27(35)26-28(38-24)29(36)34(25-15-19(3)39-32-25)31(26)22-10-6-7-11-23(22)33(30(31)37)16-20-9-5-4-8-18(20)2/h4-15H,16H2,1-3H3. The lowest BCUT2D eigenvalue weighted by molar-refractivity contribution is -0.121. The number of nitrogens with zero attached hydrogens (tertiary/aromatic N) is 3. The van der Waals surface area contributed by atoms with Crippen LogP contribution in [0.25, 0.3) is 11.0 Å². The van der Waals surface area contributed by atoms with Crippen molar-refractivity contribution in [2.24, 2.45) is 0 Å². The van der Waals surface area contributed by atoms with E-state index in [0.29, 0.717) is 22.4 Å². The molecule has 0 radical (unpaired) electrons. The van der Waals surface area contributed by atoms with E-state index in [4.69, 9.17) is 8.94 Å². The van der Waals surface area contributed by atoms with Crippen molar-refractivity contribution in [2.45, 2.75) is 32.9 Å². The van der Waals surface area contributed by atoms with E-state index in [-0.39, 0.29) is 29.3 Å². The topological polar surface area (TPSA) is 96.9 Å². The van der Waals surface area contributed by atoms with Crippen molar-refractivity contribution in [2.75, 3.05) is 9.80 Å². The molecule has 8 heteroatoms. The summed E-state index contributed by atoms with van der Waals surface area (Å²) in [5, 5.41) is 4.42. The van der Waals surface area contributed by atoms with E-state index in [9.17, 15) is 14.4 Å². The van der Waals surface area contributed by atoms with Gasteiger partial charge in [0.05, 0.1) is 23.2 Å². The van der Waals surface area contributed by atoms with Crippen LogP contribution in [0.4, 0.5) is 11.5 Å². The van der Waals surface area contributed by atoms with Gasteiger partial charge in [0.15, 0.2) is 16.8 Å². The summed E-state index contributed by atoms with van der Waals surface area (Å²) in [4.78, 5) is 46.2. The summed E-state index contributed by atoms with van der Waals surface area (Å²) in [6.07, 6.45) is 0. The molecule has 39 heavy (non-hydrogen) atoms. The molecule has 4 heterocycles. The molecular formula is C31H23N3O5. The molecule has 5 aromatic rings. The number of hydrogen-bond acceptors (Lipinski definition) is 6. The first-order valence-corrected chi connectivity index (χ1v) is 12.6. The highest BCUT2D eigenvalue weighted by atomic mass is 16.5. The van der Waals surface area contributed by atoms with E-state index in [0.717, 1.165) is 16.7 Å². The summed E-state index contributed by atoms with van der Waals surface area (Å²) >= 11 is 0. The molecule has 3 aromatic carbocycles. The van der Waals surface area contributed by atoms with Crippen LogP contribution < -0.4 is 15.2 Å². The first-order chi connectivity index (χ1) is 18.8. The Balaban J connectivity index is 1.57. The van der Waals surface area contributed by atoms with Gasteiger partial charge in [0.25, 0.3) is 11.8 Å². The number of carbonyl (C=O) groups excluding carboxylic acids is 2. The molecule has 1 spiro atoms. The lowest BCUT2D eigenvalue weighted by atomic mass is 9.84. The van der Waals surface area contributed by atoms with Gasteiger partial charge in [-0.25, -0.2) is 0 Å². The van der Waals surface area contributed by atoms with E-state index in [1.807, 2.05) is 56.3 Å². The second-order valence-corrected chi connectivity index (χ2v) is 10.1. The van der Waals surface area contributed by atoms with E-state index in [1.54, 1.807) is 42.2 Å². The zero-order valence-electron chi connectivity index (χ0n) is 21.5. The Bertz CT molecular complexity index is 1920. The smallest absolute Gasteiger partial charge is 0.297 e. The first-order valence-electron chi connectivity index (χ1n) is 12.6. The molecular weight excluding hydrogens is 494 g/mol. The molecule has 0 saturated carbocycles. The highest BCUT2D eigenvalue weighted by Crippen LogP contribution is 2.54. The van der Waals surface area contributed by atoms with Crippen molar-refractivity contribution in [3.63, 3.8) is 0 Å². The Kier molecular flexibility index (Phi) is 4.76. The molecule has 1 unspecified atom stereocenters. The van der Waals surface area contributed by atoms with Crippen LogP contribution in [0, 0.1) is 20.8 Å². The van der Waals surface area contributed by atoms with Gasteiger partial charge < -0.3 is 13.8 Å². The number of para-hydroxylation sites is 1. The fourth-order valence-corrected chi connectivity index (χ4v) is 5.90. The summed E-state index contributed by atoms with van der Waals surface area (Å²) in [5.74, 6) is -0.639. The van der Waals surface area contributed by atoms with E-state index >= 15 is 0 Å². The van der Waals surface area contributed by atoms with Crippen molar-refractivity contribution in [1.29, 1.82) is 0 Å². The van der Waals surface area contributed by atoms with Crippen LogP contribution in [-0.4, -0.2) is 17.0 Å². The van der Waals surface area contributed by atoms with Gasteiger partial charge in [0.2, 0.25) is 5.76 Å². The van der Waals surface area contributed by atoms with Crippen LogP contribution in [0.5, 0.6) is 0 Å². The van der Waals surface area contributed by atoms with Crippen LogP contribution in [-0.2, 0) is 16.9 Å². The molecule has 2 aliphatic rings. The fraction of sp³-hybridized carbons (Fsp3) is 0.161. The average molecular weight is 518 g/mol. The zero-order chi connectivity index (χ0) is 27.1. The normalized spacial score (nSPS) is 17.9. The minimum atomic E-state index is -1.81. The van der Waals surface area contributed by atoms with Crippen molar-refractivity contribution >= 4 is 34.3 Å². The number of fused-ring (bicyclic) bond motifs is 5. The van der Waals surface area contributed by atoms with Crippen molar-refractivity contribution in [3.05, 3.63) is 122 Å². The molecule has 1 atom stereocenters. The van der Waals surface area contributed by atoms with E-state index in [1.165, 1.54) is 4.90 Å². The summed E-state index contributed by atoms with van der Waals surface area (Å²) in [5.41, 5.74) is 1.99. The third kappa shape index (κ3) is 2.99. The van der Waals surface area contributed by atoms with Gasteiger partial charge >= 0.3 is 0 Å². The maximum absolute atomic E-state index is 14.8. The molecule has 0 fully saturated rings. The fourth-order valence-electron chi connectivity index (χ4n) is 5.90. The maximum atomic E-state index is 14.8. The number of hydrogen-bond donors (Lipinski definition) is 0. The summed E-state index contributed by atoms with van der Waals surface area (Å²) in [7, 11) is 0. The Labute approximate surface area is 223 Å². The molecule has 2 aromatic heterocycles. The molecule has 0 aliphatic carbocycles. The van der Waals surface area contributed by atoms with Crippen molar-refractivity contribution < 1.29 is 18.5 Å².